The zero-order valence-corrected chi connectivity index (χ0v) is 12.4. The van der Waals surface area contributed by atoms with Gasteiger partial charge in [0.1, 0.15) is 0 Å². The van der Waals surface area contributed by atoms with Crippen molar-refractivity contribution >= 4 is 27.3 Å². The molecule has 0 saturated carbocycles. The van der Waals surface area contributed by atoms with Crippen LogP contribution in [0.3, 0.4) is 0 Å². The molecule has 0 spiro atoms. The van der Waals surface area contributed by atoms with Gasteiger partial charge in [0.2, 0.25) is 0 Å². The third-order valence-electron chi connectivity index (χ3n) is 2.42. The summed E-state index contributed by atoms with van der Waals surface area (Å²) in [5.74, 6) is 0. The Morgan fingerprint density at radius 1 is 1.50 bits per heavy atom. The first-order chi connectivity index (χ1) is 7.77. The van der Waals surface area contributed by atoms with Gasteiger partial charge >= 0.3 is 0 Å². The summed E-state index contributed by atoms with van der Waals surface area (Å²) in [4.78, 5) is 1.41. The van der Waals surface area contributed by atoms with Crippen LogP contribution in [-0.4, -0.2) is 20.3 Å². The fourth-order valence-corrected chi connectivity index (χ4v) is 3.14. The molecule has 1 aromatic heterocycles. The topological polar surface area (TPSA) is 21.3 Å². The van der Waals surface area contributed by atoms with Crippen LogP contribution < -0.4 is 5.32 Å². The molecule has 1 unspecified atom stereocenters. The minimum absolute atomic E-state index is 0.478. The smallest absolute Gasteiger partial charge is 0.0701 e. The van der Waals surface area contributed by atoms with Crippen molar-refractivity contribution in [1.29, 1.82) is 0 Å². The zero-order valence-electron chi connectivity index (χ0n) is 9.96. The van der Waals surface area contributed by atoms with Crippen molar-refractivity contribution in [3.05, 3.63) is 20.8 Å². The Kier molecular flexibility index (Phi) is 7.28. The summed E-state index contributed by atoms with van der Waals surface area (Å²) in [6, 6.07) is 4.80. The molecule has 0 amide bonds. The van der Waals surface area contributed by atoms with Gasteiger partial charge in [-0.3, -0.25) is 0 Å². The van der Waals surface area contributed by atoms with E-state index in [2.05, 4.69) is 40.3 Å². The Hall–Kier alpha value is 0.1000. The van der Waals surface area contributed by atoms with Crippen LogP contribution in [0.2, 0.25) is 0 Å². The van der Waals surface area contributed by atoms with Crippen LogP contribution in [0.4, 0.5) is 0 Å². The fourth-order valence-electron chi connectivity index (χ4n) is 1.61. The minimum atomic E-state index is 0.478. The van der Waals surface area contributed by atoms with Crippen molar-refractivity contribution in [2.45, 2.75) is 32.2 Å². The van der Waals surface area contributed by atoms with Gasteiger partial charge in [0.15, 0.2) is 0 Å². The Morgan fingerprint density at radius 3 is 2.88 bits per heavy atom. The van der Waals surface area contributed by atoms with Crippen LogP contribution in [0.25, 0.3) is 0 Å². The Balaban J connectivity index is 2.49. The highest BCUT2D eigenvalue weighted by Gasteiger charge is 2.12. The maximum Gasteiger partial charge on any atom is 0.0701 e. The molecule has 0 saturated heterocycles. The van der Waals surface area contributed by atoms with Crippen LogP contribution >= 0.6 is 27.3 Å². The Morgan fingerprint density at radius 2 is 2.31 bits per heavy atom. The van der Waals surface area contributed by atoms with E-state index >= 15 is 0 Å². The van der Waals surface area contributed by atoms with E-state index in [0.29, 0.717) is 6.04 Å². The first-order valence-corrected chi connectivity index (χ1v) is 7.36. The zero-order chi connectivity index (χ0) is 11.8. The van der Waals surface area contributed by atoms with E-state index in [9.17, 15) is 0 Å². The predicted molar refractivity (Wildman–Crippen MR) is 74.2 cm³/mol. The number of thiophene rings is 1. The Bertz CT molecular complexity index is 290. The summed E-state index contributed by atoms with van der Waals surface area (Å²) in [5, 5.41) is 3.59. The summed E-state index contributed by atoms with van der Waals surface area (Å²) < 4.78 is 6.31. The van der Waals surface area contributed by atoms with Gasteiger partial charge in [0, 0.05) is 24.6 Å². The summed E-state index contributed by atoms with van der Waals surface area (Å²) in [6.45, 7) is 4.12. The van der Waals surface area contributed by atoms with Gasteiger partial charge in [-0.1, -0.05) is 6.92 Å². The van der Waals surface area contributed by atoms with Crippen molar-refractivity contribution in [3.8, 4) is 0 Å². The minimum Gasteiger partial charge on any atom is -0.385 e. The first-order valence-electron chi connectivity index (χ1n) is 5.75. The van der Waals surface area contributed by atoms with Gasteiger partial charge in [0.05, 0.1) is 3.79 Å². The molecule has 1 atom stereocenters. The third kappa shape index (κ3) is 4.95. The number of nitrogens with one attached hydrogen (secondary N) is 1. The van der Waals surface area contributed by atoms with Gasteiger partial charge in [-0.2, -0.15) is 0 Å². The van der Waals surface area contributed by atoms with E-state index in [1.54, 1.807) is 7.11 Å². The van der Waals surface area contributed by atoms with Crippen LogP contribution in [0, 0.1) is 0 Å². The summed E-state index contributed by atoms with van der Waals surface area (Å²) in [5.41, 5.74) is 0. The second kappa shape index (κ2) is 8.23. The van der Waals surface area contributed by atoms with E-state index in [1.165, 1.54) is 15.1 Å². The number of halogens is 1. The Labute approximate surface area is 111 Å². The molecule has 0 fully saturated rings. The lowest BCUT2D eigenvalue weighted by Gasteiger charge is -2.16. The van der Waals surface area contributed by atoms with Gasteiger partial charge in [-0.05, 0) is 53.9 Å². The summed E-state index contributed by atoms with van der Waals surface area (Å²) >= 11 is 5.33. The summed E-state index contributed by atoms with van der Waals surface area (Å²) in [6.07, 6.45) is 3.42. The molecule has 0 radical (unpaired) electrons. The van der Waals surface area contributed by atoms with Crippen LogP contribution in [0.5, 0.6) is 0 Å². The molecule has 92 valence electrons. The van der Waals surface area contributed by atoms with E-state index in [1.807, 2.05) is 11.3 Å². The molecular formula is C12H20BrNOS. The molecule has 16 heavy (non-hydrogen) atoms. The number of methoxy groups -OCH3 is 1. The molecule has 0 aromatic carbocycles. The van der Waals surface area contributed by atoms with Gasteiger partial charge in [0.25, 0.3) is 0 Å². The quantitative estimate of drug-likeness (QED) is 0.734. The second-order valence-electron chi connectivity index (χ2n) is 3.78. The monoisotopic (exact) mass is 305 g/mol. The third-order valence-corrected chi connectivity index (χ3v) is 4.16. The maximum absolute atomic E-state index is 5.10. The maximum atomic E-state index is 5.10. The molecule has 0 aliphatic heterocycles. The predicted octanol–water partition coefficient (Wildman–Crippen LogP) is 3.98. The molecule has 1 rings (SSSR count). The molecule has 1 aromatic rings. The standard InChI is InChI=1S/C12H20BrNOS/c1-3-8-14-10(5-4-9-15-2)11-6-7-12(13)16-11/h6-7,10,14H,3-5,8-9H2,1-2H3. The molecule has 1 N–H and O–H groups in total. The average molecular weight is 306 g/mol. The molecular weight excluding hydrogens is 286 g/mol. The van der Waals surface area contributed by atoms with Crippen molar-refractivity contribution in [1.82, 2.24) is 5.32 Å². The van der Waals surface area contributed by atoms with Crippen molar-refractivity contribution < 1.29 is 4.74 Å². The first kappa shape index (κ1) is 14.2. The average Bonchev–Trinajstić information content (AvgIpc) is 2.70. The normalized spacial score (nSPS) is 12.9. The highest BCUT2D eigenvalue weighted by atomic mass is 79.9. The molecule has 0 aliphatic rings. The second-order valence-corrected chi connectivity index (χ2v) is 6.28. The van der Waals surface area contributed by atoms with E-state index in [4.69, 9.17) is 4.74 Å². The molecule has 2 nitrogen and oxygen atoms in total. The lowest BCUT2D eigenvalue weighted by Crippen LogP contribution is -2.21. The highest BCUT2D eigenvalue weighted by molar-refractivity contribution is 9.11. The SMILES string of the molecule is CCCNC(CCCOC)c1ccc(Br)s1. The molecule has 4 heteroatoms. The number of ether oxygens (including phenoxy) is 1. The van der Waals surface area contributed by atoms with Crippen LogP contribution in [-0.2, 0) is 4.74 Å². The number of hydrogen-bond donors (Lipinski definition) is 1. The lowest BCUT2D eigenvalue weighted by molar-refractivity contribution is 0.189. The molecule has 1 heterocycles. The number of hydrogen-bond acceptors (Lipinski definition) is 3. The highest BCUT2D eigenvalue weighted by Crippen LogP contribution is 2.29. The fraction of sp³-hybridized carbons (Fsp3) is 0.667. The molecule has 0 aliphatic carbocycles. The summed E-state index contributed by atoms with van der Waals surface area (Å²) in [7, 11) is 1.76. The van der Waals surface area contributed by atoms with Gasteiger partial charge in [-0.25, -0.2) is 0 Å². The molecule has 0 bridgehead atoms. The van der Waals surface area contributed by atoms with Crippen molar-refractivity contribution in [2.24, 2.45) is 0 Å². The van der Waals surface area contributed by atoms with Crippen molar-refractivity contribution in [3.63, 3.8) is 0 Å². The van der Waals surface area contributed by atoms with E-state index < -0.39 is 0 Å². The van der Waals surface area contributed by atoms with E-state index in [0.717, 1.165) is 26.0 Å². The number of rotatable bonds is 8. The largest absolute Gasteiger partial charge is 0.385 e. The van der Waals surface area contributed by atoms with Crippen molar-refractivity contribution in [2.75, 3.05) is 20.3 Å². The van der Waals surface area contributed by atoms with Gasteiger partial charge < -0.3 is 10.1 Å². The van der Waals surface area contributed by atoms with E-state index in [-0.39, 0.29) is 0 Å². The lowest BCUT2D eigenvalue weighted by atomic mass is 10.1. The van der Waals surface area contributed by atoms with Gasteiger partial charge in [-0.15, -0.1) is 11.3 Å². The van der Waals surface area contributed by atoms with Crippen LogP contribution in [0.15, 0.2) is 15.9 Å². The van der Waals surface area contributed by atoms with Crippen LogP contribution in [0.1, 0.15) is 37.1 Å².